The number of aromatic nitrogens is 4. The molecule has 0 aliphatic rings. The molecule has 9 N–H and O–H groups in total. The molecule has 392 valence electrons. The smallest absolute Gasteiger partial charge is 0.356 e. The van der Waals surface area contributed by atoms with Crippen molar-refractivity contribution in [3.05, 3.63) is 123 Å². The number of aromatic amines is 2. The van der Waals surface area contributed by atoms with Gasteiger partial charge in [0.25, 0.3) is 41.6 Å². The number of non-ortho nitro benzene ring substituents is 1. The number of aromatic hydroxyl groups is 1. The van der Waals surface area contributed by atoms with Crippen LogP contribution in [0.2, 0.25) is 0 Å². The number of azo groups is 3. The van der Waals surface area contributed by atoms with Gasteiger partial charge in [-0.3, -0.25) is 33.7 Å². The second-order valence-electron chi connectivity index (χ2n) is 15.4. The van der Waals surface area contributed by atoms with Crippen molar-refractivity contribution < 1.29 is 78.5 Å². The summed E-state index contributed by atoms with van der Waals surface area (Å²) in [5.74, 6) is -2.76. The van der Waals surface area contributed by atoms with E-state index in [1.165, 1.54) is 36.4 Å². The first-order chi connectivity index (χ1) is 36.0. The molecular weight excluding hydrogens is 1070 g/mol. The van der Waals surface area contributed by atoms with E-state index in [-0.39, 0.29) is 56.4 Å². The lowest BCUT2D eigenvalue weighted by Crippen LogP contribution is -2.14. The molecule has 0 aliphatic heterocycles. The van der Waals surface area contributed by atoms with Crippen LogP contribution < -0.4 is 15.0 Å². The number of nitro groups is 1. The summed E-state index contributed by atoms with van der Waals surface area (Å²) in [7, 11) is -14.8. The van der Waals surface area contributed by atoms with E-state index >= 15 is 0 Å². The van der Waals surface area contributed by atoms with Gasteiger partial charge >= 0.3 is 5.97 Å². The summed E-state index contributed by atoms with van der Waals surface area (Å²) in [6, 6.07) is 18.6. The van der Waals surface area contributed by atoms with Crippen LogP contribution >= 0.6 is 0 Å². The molecule has 8 rings (SSSR count). The highest BCUT2D eigenvalue weighted by Crippen LogP contribution is 2.46. The van der Waals surface area contributed by atoms with Crippen LogP contribution in [0.3, 0.4) is 0 Å². The number of rotatable bonds is 19. The fraction of sp³-hybridized carbons (Fsp3) is 0.0930. The van der Waals surface area contributed by atoms with Gasteiger partial charge in [-0.1, -0.05) is 6.07 Å². The Balaban J connectivity index is 1.15. The van der Waals surface area contributed by atoms with Crippen LogP contribution in [0.4, 0.5) is 39.8 Å². The Kier molecular flexibility index (Phi) is 14.6. The van der Waals surface area contributed by atoms with Gasteiger partial charge in [0.2, 0.25) is 0 Å². The first-order valence-electron chi connectivity index (χ1n) is 21.1. The van der Waals surface area contributed by atoms with Crippen molar-refractivity contribution in [3.63, 3.8) is 0 Å². The molecule has 0 amide bonds. The summed E-state index contributed by atoms with van der Waals surface area (Å²) < 4.78 is 114. The molecule has 0 unspecified atom stereocenters. The number of hydrogen-bond acceptors (Lipinski definition) is 22. The molecule has 76 heavy (non-hydrogen) atoms. The van der Waals surface area contributed by atoms with Gasteiger partial charge in [-0.15, -0.1) is 25.6 Å². The van der Waals surface area contributed by atoms with Crippen molar-refractivity contribution in [1.29, 1.82) is 0 Å². The summed E-state index contributed by atoms with van der Waals surface area (Å²) in [4.78, 5) is 41.0. The molecule has 0 radical (unpaired) electrons. The van der Waals surface area contributed by atoms with Crippen molar-refractivity contribution in [2.45, 2.75) is 14.7 Å². The minimum absolute atomic E-state index is 0.00872. The van der Waals surface area contributed by atoms with Crippen molar-refractivity contribution in [2.24, 2.45) is 30.7 Å². The van der Waals surface area contributed by atoms with Gasteiger partial charge < -0.3 is 34.9 Å². The lowest BCUT2D eigenvalue weighted by molar-refractivity contribution is -0.385. The normalized spacial score (nSPS) is 12.4. The summed E-state index contributed by atoms with van der Waals surface area (Å²) in [5, 5.41) is 78.0. The molecule has 0 saturated heterocycles. The van der Waals surface area contributed by atoms with Gasteiger partial charge in [0.05, 0.1) is 45.3 Å². The first-order valence-corrected chi connectivity index (χ1v) is 25.4. The molecule has 2 aromatic heterocycles. The van der Waals surface area contributed by atoms with E-state index in [0.717, 1.165) is 59.3 Å². The van der Waals surface area contributed by atoms with Gasteiger partial charge in [0, 0.05) is 29.8 Å². The van der Waals surface area contributed by atoms with E-state index in [1.54, 1.807) is 0 Å². The molecule has 2 heterocycles. The molecule has 30 nitrogen and oxygen atoms in total. The van der Waals surface area contributed by atoms with Crippen LogP contribution in [0, 0.1) is 10.1 Å². The van der Waals surface area contributed by atoms with Gasteiger partial charge in [0.15, 0.2) is 17.1 Å². The Morgan fingerprint density at radius 2 is 1.29 bits per heavy atom. The number of nitrogens with zero attached hydrogens (tertiary/aromatic N) is 9. The van der Waals surface area contributed by atoms with Crippen molar-refractivity contribution in [3.8, 4) is 34.3 Å². The molecule has 0 atom stereocenters. The topological polar surface area (TPSA) is 463 Å². The van der Waals surface area contributed by atoms with E-state index in [1.807, 2.05) is 0 Å². The maximum atomic E-state index is 13.2. The highest BCUT2D eigenvalue weighted by molar-refractivity contribution is 7.86. The lowest BCUT2D eigenvalue weighted by atomic mass is 10.1. The minimum atomic E-state index is -5.18. The molecule has 0 fully saturated rings. The molecule has 8 aromatic rings. The van der Waals surface area contributed by atoms with Crippen LogP contribution in [-0.4, -0.2) is 116 Å². The number of carboxylic acid groups (broad SMARTS) is 1. The van der Waals surface area contributed by atoms with Crippen LogP contribution in [0.25, 0.3) is 38.9 Å². The lowest BCUT2D eigenvalue weighted by Gasteiger charge is -2.13. The Hall–Kier alpha value is -9.22. The zero-order valence-electron chi connectivity index (χ0n) is 37.8. The first kappa shape index (κ1) is 53.1. The number of benzene rings is 6. The Bertz CT molecular complexity index is 4160. The highest BCUT2D eigenvalue weighted by atomic mass is 32.2. The number of fused-ring (bicyclic) bond motifs is 3. The number of carboxylic acids is 1. The Morgan fingerprint density at radius 3 is 1.86 bits per heavy atom. The minimum Gasteiger partial charge on any atom is -0.505 e. The molecule has 33 heteroatoms. The van der Waals surface area contributed by atoms with Crippen LogP contribution in [0.1, 0.15) is 10.5 Å². The summed E-state index contributed by atoms with van der Waals surface area (Å²) in [6.45, 7) is -1.92. The van der Waals surface area contributed by atoms with Gasteiger partial charge in [-0.2, -0.15) is 30.4 Å². The second-order valence-corrected chi connectivity index (χ2v) is 19.6. The SMILES string of the molecule is O=C(O)c1[nH]n(-c2ccc(S(=O)(=O)O)cc2)c(=O)c1N=Nc1ccc(-c2nc3c(ccc4cc(S(=O)(=O)O)c(N=Nc5cc(OCCO)c(N=Nc6ccc([N+](=O)[O-])cc6S(=O)(=O)O)cc5OCCO)c(O)c43)[nH]2)cc1. The van der Waals surface area contributed by atoms with Gasteiger partial charge in [-0.05, 0) is 72.1 Å². The third-order valence-corrected chi connectivity index (χ3v) is 13.1. The van der Waals surface area contributed by atoms with Gasteiger partial charge in [0.1, 0.15) is 68.6 Å². The van der Waals surface area contributed by atoms with E-state index in [2.05, 4.69) is 45.8 Å². The standard InChI is InChI=1S/C43H33N11O19S3/c55-13-15-72-31-20-30(32(73-16-14-56)19-29(31)48-47-27-12-8-25(54(61)62)18-33(27)75(66,67)68)49-50-37-34(76(69,70)71)17-22-3-11-28-36(35(22)40(37)57)45-41(44-28)21-1-4-23(5-2-21)46-51-38-39(43(59)60)52-53(42(38)58)24-6-9-26(10-7-24)74(63,64)65/h1-12,17-20,52,55-57H,13-16H2,(H,44,45)(H,59,60)(H,63,64,65)(H,66,67,68)(H,69,70,71). The van der Waals surface area contributed by atoms with Crippen LogP contribution in [0.5, 0.6) is 17.2 Å². The number of aliphatic hydroxyl groups excluding tert-OH is 2. The number of nitro benzene ring substituents is 1. The molecular formula is C43H33N11O19S3. The number of H-pyrrole nitrogens is 2. The number of aliphatic hydroxyl groups is 2. The van der Waals surface area contributed by atoms with E-state index < -0.39 is 122 Å². The highest BCUT2D eigenvalue weighted by Gasteiger charge is 2.26. The summed E-state index contributed by atoms with van der Waals surface area (Å²) in [5.41, 5.74) is -3.94. The van der Waals surface area contributed by atoms with Crippen LogP contribution in [0.15, 0.2) is 147 Å². The predicted molar refractivity (Wildman–Crippen MR) is 261 cm³/mol. The molecule has 6 aromatic carbocycles. The fourth-order valence-corrected chi connectivity index (χ4v) is 8.88. The van der Waals surface area contributed by atoms with Crippen LogP contribution in [-0.2, 0) is 30.4 Å². The molecule has 0 bridgehead atoms. The molecule has 0 aliphatic carbocycles. The number of hydrogen-bond donors (Lipinski definition) is 9. The number of imidazole rings is 1. The van der Waals surface area contributed by atoms with E-state index in [4.69, 9.17) is 9.47 Å². The number of ether oxygens (including phenoxy) is 2. The van der Waals surface area contributed by atoms with Crippen molar-refractivity contribution in [2.75, 3.05) is 26.4 Å². The van der Waals surface area contributed by atoms with E-state index in [0.29, 0.717) is 17.1 Å². The Morgan fingerprint density at radius 1 is 0.697 bits per heavy atom. The average molecular weight is 1100 g/mol. The Labute approximate surface area is 424 Å². The van der Waals surface area contributed by atoms with Gasteiger partial charge in [-0.25, -0.2) is 14.5 Å². The third-order valence-electron chi connectivity index (χ3n) is 10.5. The third kappa shape index (κ3) is 11.1. The maximum absolute atomic E-state index is 13.2. The number of phenolic OH excluding ortho intramolecular Hbond substituents is 1. The monoisotopic (exact) mass is 1100 g/mol. The quantitative estimate of drug-likeness (QED) is 0.0172. The fourth-order valence-electron chi connectivity index (χ4n) is 7.10. The number of phenols is 1. The predicted octanol–water partition coefficient (Wildman–Crippen LogP) is 6.90. The van der Waals surface area contributed by atoms with Crippen molar-refractivity contribution in [1.82, 2.24) is 19.7 Å². The maximum Gasteiger partial charge on any atom is 0.356 e. The number of carbonyl (C=O) groups is 1. The van der Waals surface area contributed by atoms with Crippen molar-refractivity contribution >= 4 is 97.9 Å². The number of nitrogens with one attached hydrogen (secondary N) is 2. The largest absolute Gasteiger partial charge is 0.505 e. The molecule has 0 saturated carbocycles. The molecule has 0 spiro atoms. The summed E-state index contributed by atoms with van der Waals surface area (Å²) in [6.07, 6.45) is 0. The zero-order valence-corrected chi connectivity index (χ0v) is 40.3. The summed E-state index contributed by atoms with van der Waals surface area (Å²) >= 11 is 0. The zero-order chi connectivity index (χ0) is 54.9. The number of aromatic carboxylic acids is 1. The average Bonchev–Trinajstić information content (AvgIpc) is 3.99. The van der Waals surface area contributed by atoms with E-state index in [9.17, 15) is 79.0 Å². The second kappa shape index (κ2) is 21.0.